The summed E-state index contributed by atoms with van der Waals surface area (Å²) >= 11 is 0. The first kappa shape index (κ1) is 14.9. The predicted molar refractivity (Wildman–Crippen MR) is 68.4 cm³/mol. The Labute approximate surface area is 107 Å². The average molecular weight is 255 g/mol. The molecule has 0 aliphatic carbocycles. The third-order valence-corrected chi connectivity index (χ3v) is 2.33. The van der Waals surface area contributed by atoms with Gasteiger partial charge in [-0.25, -0.2) is 0 Å². The molecule has 0 aliphatic heterocycles. The second-order valence-electron chi connectivity index (χ2n) is 3.97. The van der Waals surface area contributed by atoms with Crippen LogP contribution in [-0.4, -0.2) is 42.7 Å². The molecule has 102 valence electrons. The molecule has 0 radical (unpaired) electrons. The Bertz CT molecular complexity index is 333. The molecule has 4 N–H and O–H groups in total. The summed E-state index contributed by atoms with van der Waals surface area (Å²) < 4.78 is 10.6. The lowest BCUT2D eigenvalue weighted by Crippen LogP contribution is -2.23. The third-order valence-electron chi connectivity index (χ3n) is 2.33. The van der Waals surface area contributed by atoms with Crippen molar-refractivity contribution in [1.82, 2.24) is 0 Å². The molecule has 1 aromatic rings. The molecular weight excluding hydrogens is 234 g/mol. The fourth-order valence-corrected chi connectivity index (χ4v) is 1.39. The second kappa shape index (κ2) is 8.88. The van der Waals surface area contributed by atoms with Gasteiger partial charge in [-0.15, -0.1) is 0 Å². The molecule has 0 saturated carbocycles. The zero-order valence-electron chi connectivity index (χ0n) is 10.4. The number of aliphatic hydroxyl groups excluding tert-OH is 2. The van der Waals surface area contributed by atoms with Gasteiger partial charge in [0.1, 0.15) is 18.5 Å². The van der Waals surface area contributed by atoms with Gasteiger partial charge in [0.2, 0.25) is 0 Å². The predicted octanol–water partition coefficient (Wildman–Crippen LogP) is 0.284. The first-order valence-electron chi connectivity index (χ1n) is 6.04. The van der Waals surface area contributed by atoms with Gasteiger partial charge in [-0.05, 0) is 24.1 Å². The van der Waals surface area contributed by atoms with Crippen LogP contribution in [0.4, 0.5) is 0 Å². The van der Waals surface area contributed by atoms with E-state index in [1.54, 1.807) is 0 Å². The number of benzene rings is 1. The van der Waals surface area contributed by atoms with E-state index in [9.17, 15) is 5.11 Å². The molecule has 0 saturated heterocycles. The number of hydrogen-bond acceptors (Lipinski definition) is 5. The highest BCUT2D eigenvalue weighted by Crippen LogP contribution is 2.13. The highest BCUT2D eigenvalue weighted by atomic mass is 16.5. The molecule has 0 bridgehead atoms. The average Bonchev–Trinajstić information content (AvgIpc) is 2.41. The first-order valence-corrected chi connectivity index (χ1v) is 6.04. The van der Waals surface area contributed by atoms with E-state index < -0.39 is 6.10 Å². The van der Waals surface area contributed by atoms with Gasteiger partial charge in [-0.3, -0.25) is 0 Å². The van der Waals surface area contributed by atoms with E-state index in [1.807, 2.05) is 24.3 Å². The van der Waals surface area contributed by atoms with Crippen LogP contribution >= 0.6 is 0 Å². The van der Waals surface area contributed by atoms with Gasteiger partial charge in [0, 0.05) is 19.8 Å². The van der Waals surface area contributed by atoms with Gasteiger partial charge < -0.3 is 25.4 Å². The van der Waals surface area contributed by atoms with Crippen molar-refractivity contribution in [3.63, 3.8) is 0 Å². The summed E-state index contributed by atoms with van der Waals surface area (Å²) in [5, 5.41) is 18.2. The quantitative estimate of drug-likeness (QED) is 0.552. The molecule has 18 heavy (non-hydrogen) atoms. The van der Waals surface area contributed by atoms with Crippen molar-refractivity contribution in [3.8, 4) is 5.75 Å². The molecular formula is C13H21NO4. The maximum absolute atomic E-state index is 9.60. The molecule has 0 aromatic heterocycles. The molecule has 1 unspecified atom stereocenters. The standard InChI is InChI=1S/C13H21NO4/c14-8-11-3-1-4-13(7-11)18-10-12(16)9-17-6-2-5-15/h1,3-4,7,12,15-16H,2,5-6,8-10,14H2. The van der Waals surface area contributed by atoms with E-state index in [4.69, 9.17) is 20.3 Å². The Hall–Kier alpha value is -1.14. The van der Waals surface area contributed by atoms with Gasteiger partial charge in [0.15, 0.2) is 0 Å². The topological polar surface area (TPSA) is 84.9 Å². The monoisotopic (exact) mass is 255 g/mol. The van der Waals surface area contributed by atoms with Crippen molar-refractivity contribution < 1.29 is 19.7 Å². The summed E-state index contributed by atoms with van der Waals surface area (Å²) in [6, 6.07) is 7.45. The number of rotatable bonds is 9. The SMILES string of the molecule is NCc1cccc(OCC(O)COCCCO)c1. The van der Waals surface area contributed by atoms with Gasteiger partial charge in [0.25, 0.3) is 0 Å². The molecule has 0 spiro atoms. The zero-order chi connectivity index (χ0) is 13.2. The smallest absolute Gasteiger partial charge is 0.119 e. The van der Waals surface area contributed by atoms with Gasteiger partial charge in [0.05, 0.1) is 6.61 Å². The van der Waals surface area contributed by atoms with Gasteiger partial charge in [-0.2, -0.15) is 0 Å². The van der Waals surface area contributed by atoms with Crippen LogP contribution in [0.2, 0.25) is 0 Å². The van der Waals surface area contributed by atoms with Gasteiger partial charge >= 0.3 is 0 Å². The van der Waals surface area contributed by atoms with Crippen LogP contribution < -0.4 is 10.5 Å². The summed E-state index contributed by atoms with van der Waals surface area (Å²) in [6.07, 6.45) is -0.100. The lowest BCUT2D eigenvalue weighted by Gasteiger charge is -2.13. The van der Waals surface area contributed by atoms with E-state index in [0.717, 1.165) is 5.56 Å². The Balaban J connectivity index is 2.22. The maximum atomic E-state index is 9.60. The molecule has 1 atom stereocenters. The van der Waals surface area contributed by atoms with E-state index in [2.05, 4.69) is 0 Å². The Morgan fingerprint density at radius 1 is 1.28 bits per heavy atom. The minimum atomic E-state index is -0.676. The van der Waals surface area contributed by atoms with Gasteiger partial charge in [-0.1, -0.05) is 12.1 Å². The maximum Gasteiger partial charge on any atom is 0.119 e. The van der Waals surface area contributed by atoms with Crippen LogP contribution in [0.3, 0.4) is 0 Å². The molecule has 0 heterocycles. The first-order chi connectivity index (χ1) is 8.76. The Morgan fingerprint density at radius 3 is 2.83 bits per heavy atom. The highest BCUT2D eigenvalue weighted by molar-refractivity contribution is 5.28. The Kier molecular flexibility index (Phi) is 7.36. The van der Waals surface area contributed by atoms with Crippen molar-refractivity contribution >= 4 is 0 Å². The van der Waals surface area contributed by atoms with Crippen LogP contribution in [0.15, 0.2) is 24.3 Å². The number of hydrogen-bond donors (Lipinski definition) is 3. The minimum Gasteiger partial charge on any atom is -0.491 e. The zero-order valence-corrected chi connectivity index (χ0v) is 10.4. The van der Waals surface area contributed by atoms with E-state index in [0.29, 0.717) is 25.3 Å². The second-order valence-corrected chi connectivity index (χ2v) is 3.97. The molecule has 0 fully saturated rings. The number of ether oxygens (including phenoxy) is 2. The summed E-state index contributed by atoms with van der Waals surface area (Å²) in [6.45, 7) is 1.38. The molecule has 0 amide bonds. The molecule has 5 heteroatoms. The van der Waals surface area contributed by atoms with Crippen LogP contribution in [0.25, 0.3) is 0 Å². The molecule has 5 nitrogen and oxygen atoms in total. The summed E-state index contributed by atoms with van der Waals surface area (Å²) in [7, 11) is 0. The van der Waals surface area contributed by atoms with Crippen LogP contribution in [-0.2, 0) is 11.3 Å². The summed E-state index contributed by atoms with van der Waals surface area (Å²) in [5.74, 6) is 0.687. The molecule has 0 aliphatic rings. The lowest BCUT2D eigenvalue weighted by molar-refractivity contribution is 0.00841. The third kappa shape index (κ3) is 5.97. The van der Waals surface area contributed by atoms with Crippen molar-refractivity contribution in [1.29, 1.82) is 0 Å². The summed E-state index contributed by atoms with van der Waals surface area (Å²) in [4.78, 5) is 0. The number of nitrogens with two attached hydrogens (primary N) is 1. The van der Waals surface area contributed by atoms with Crippen LogP contribution in [0.1, 0.15) is 12.0 Å². The fourth-order valence-electron chi connectivity index (χ4n) is 1.39. The van der Waals surface area contributed by atoms with E-state index in [-0.39, 0.29) is 19.8 Å². The van der Waals surface area contributed by atoms with E-state index >= 15 is 0 Å². The fraction of sp³-hybridized carbons (Fsp3) is 0.538. The van der Waals surface area contributed by atoms with Crippen molar-refractivity contribution in [2.24, 2.45) is 5.73 Å². The minimum absolute atomic E-state index is 0.0957. The highest BCUT2D eigenvalue weighted by Gasteiger charge is 2.05. The normalized spacial score (nSPS) is 12.4. The number of aliphatic hydroxyl groups is 2. The van der Waals surface area contributed by atoms with Crippen molar-refractivity contribution in [2.75, 3.05) is 26.4 Å². The molecule has 1 aromatic carbocycles. The largest absolute Gasteiger partial charge is 0.491 e. The van der Waals surface area contributed by atoms with E-state index in [1.165, 1.54) is 0 Å². The lowest BCUT2D eigenvalue weighted by atomic mass is 10.2. The van der Waals surface area contributed by atoms with Crippen molar-refractivity contribution in [2.45, 2.75) is 19.1 Å². The van der Waals surface area contributed by atoms with Crippen molar-refractivity contribution in [3.05, 3.63) is 29.8 Å². The molecule has 1 rings (SSSR count). The Morgan fingerprint density at radius 2 is 2.11 bits per heavy atom. The summed E-state index contributed by atoms with van der Waals surface area (Å²) in [5.41, 5.74) is 6.51. The van der Waals surface area contributed by atoms with Crippen LogP contribution in [0.5, 0.6) is 5.75 Å². The van der Waals surface area contributed by atoms with Crippen LogP contribution in [0, 0.1) is 0 Å².